The van der Waals surface area contributed by atoms with Gasteiger partial charge in [0.1, 0.15) is 23.4 Å². The van der Waals surface area contributed by atoms with Crippen LogP contribution in [0.15, 0.2) is 67.3 Å². The first kappa shape index (κ1) is 40.2. The molecular weight excluding hydrogens is 751 g/mol. The minimum Gasteiger partial charge on any atom is -0.497 e. The molecular formula is C42H51N5O9S. The Hall–Kier alpha value is -5.02. The highest BCUT2D eigenvalue weighted by Crippen LogP contribution is 2.46. The number of carbonyl (C=O) groups is 4. The number of rotatable bonds is 13. The zero-order valence-corrected chi connectivity index (χ0v) is 33.7. The van der Waals surface area contributed by atoms with Crippen LogP contribution in [0, 0.1) is 17.3 Å². The number of aromatic nitrogens is 1. The molecule has 4 aliphatic rings. The maximum atomic E-state index is 14.8. The van der Waals surface area contributed by atoms with Gasteiger partial charge in [0.05, 0.1) is 43.7 Å². The molecule has 304 valence electrons. The van der Waals surface area contributed by atoms with Crippen LogP contribution in [-0.2, 0) is 33.9 Å². The molecule has 3 aromatic rings. The summed E-state index contributed by atoms with van der Waals surface area (Å²) >= 11 is 0. The number of likely N-dealkylation sites (tertiary alicyclic amines) is 1. The van der Waals surface area contributed by atoms with Gasteiger partial charge < -0.3 is 29.3 Å². The Balaban J connectivity index is 1.21. The molecule has 2 aliphatic carbocycles. The van der Waals surface area contributed by atoms with Crippen LogP contribution >= 0.6 is 0 Å². The number of fused-ring (bicyclic) bond motifs is 1. The topological polar surface area (TPSA) is 174 Å². The normalized spacial score (nSPS) is 24.0. The molecule has 4 fully saturated rings. The Kier molecular flexibility index (Phi) is 11.1. The van der Waals surface area contributed by atoms with Crippen LogP contribution in [0.4, 0.5) is 0 Å². The van der Waals surface area contributed by atoms with Crippen LogP contribution in [0.1, 0.15) is 52.9 Å². The van der Waals surface area contributed by atoms with Gasteiger partial charge in [0.2, 0.25) is 33.6 Å². The van der Waals surface area contributed by atoms with Crippen LogP contribution in [-0.4, -0.2) is 110 Å². The standard InChI is InChI=1S/C42H51N5O9S/c1-6-28-24-42(28,40(51)45-57(52,53)31-13-14-31)44-37(49)35-22-30(25-47(35)39(50)33(41(2,3)4)23-36(48)46-16-18-55-19-17-46)56-38-32-15-12-29(54-5)20-27(32)21-34(43-38)26-10-8-7-9-11-26/h6-12,15,20-21,28,30-31,33,35H,1,13-14,16-19,22-25H2,2-5H3,(H,44,49)(H,45,51)/t28-,30-,33-,35+,42-/m1/s1. The van der Waals surface area contributed by atoms with E-state index in [0.717, 1.165) is 10.9 Å². The second-order valence-electron chi connectivity index (χ2n) is 16.5. The molecule has 0 spiro atoms. The number of carbonyl (C=O) groups excluding carboxylic acids is 4. The molecule has 2 aromatic carbocycles. The van der Waals surface area contributed by atoms with Crippen molar-refractivity contribution in [3.8, 4) is 22.9 Å². The molecule has 57 heavy (non-hydrogen) atoms. The van der Waals surface area contributed by atoms with Crippen LogP contribution in [0.2, 0.25) is 0 Å². The number of hydrogen-bond donors (Lipinski definition) is 2. The summed E-state index contributed by atoms with van der Waals surface area (Å²) in [7, 11) is -2.32. The SMILES string of the molecule is C=C[C@@H]1C[C@]1(NC(=O)[C@@H]1C[C@@H](Oc2nc(-c3ccccc3)cc3cc(OC)ccc23)CN1C(=O)[C@@H](CC(=O)N1CCOCC1)C(C)(C)C)C(=O)NS(=O)(=O)C1CC1. The first-order chi connectivity index (χ1) is 27.1. The molecule has 4 amide bonds. The van der Waals surface area contributed by atoms with E-state index in [1.54, 1.807) is 18.1 Å². The molecule has 5 atom stereocenters. The maximum Gasteiger partial charge on any atom is 0.259 e. The molecule has 2 aliphatic heterocycles. The summed E-state index contributed by atoms with van der Waals surface area (Å²) in [6.45, 7) is 11.1. The summed E-state index contributed by atoms with van der Waals surface area (Å²) < 4.78 is 45.4. The van der Waals surface area contributed by atoms with Crippen molar-refractivity contribution in [3.05, 3.63) is 67.3 Å². The van der Waals surface area contributed by atoms with Crippen molar-refractivity contribution in [3.63, 3.8) is 0 Å². The second kappa shape index (κ2) is 15.7. The summed E-state index contributed by atoms with van der Waals surface area (Å²) in [5.41, 5.74) is -0.716. The third kappa shape index (κ3) is 8.50. The Bertz CT molecular complexity index is 2160. The predicted octanol–water partition coefficient (Wildman–Crippen LogP) is 3.84. The van der Waals surface area contributed by atoms with Gasteiger partial charge in [0.25, 0.3) is 5.91 Å². The Morgan fingerprint density at radius 1 is 1.07 bits per heavy atom. The van der Waals surface area contributed by atoms with Crippen molar-refractivity contribution >= 4 is 44.4 Å². The third-order valence-electron chi connectivity index (χ3n) is 11.5. The number of benzene rings is 2. The van der Waals surface area contributed by atoms with Gasteiger partial charge in [-0.25, -0.2) is 13.4 Å². The number of methoxy groups -OCH3 is 1. The van der Waals surface area contributed by atoms with E-state index in [1.807, 2.05) is 69.3 Å². The van der Waals surface area contributed by atoms with E-state index < -0.39 is 67.9 Å². The van der Waals surface area contributed by atoms with E-state index in [1.165, 1.54) is 11.0 Å². The lowest BCUT2D eigenvalue weighted by atomic mass is 9.77. The van der Waals surface area contributed by atoms with E-state index in [0.29, 0.717) is 61.9 Å². The zero-order valence-electron chi connectivity index (χ0n) is 32.9. The van der Waals surface area contributed by atoms with Crippen molar-refractivity contribution in [1.29, 1.82) is 0 Å². The number of nitrogens with one attached hydrogen (secondary N) is 2. The summed E-state index contributed by atoms with van der Waals surface area (Å²) in [6.07, 6.45) is 1.83. The van der Waals surface area contributed by atoms with E-state index in [2.05, 4.69) is 16.6 Å². The average molecular weight is 802 g/mol. The smallest absolute Gasteiger partial charge is 0.259 e. The number of morpholine rings is 1. The summed E-state index contributed by atoms with van der Waals surface area (Å²) in [5, 5.41) is 3.72. The van der Waals surface area contributed by atoms with Gasteiger partial charge in [0, 0.05) is 42.8 Å². The van der Waals surface area contributed by atoms with E-state index in [4.69, 9.17) is 19.2 Å². The lowest BCUT2D eigenvalue weighted by Gasteiger charge is -2.36. The molecule has 2 saturated heterocycles. The fourth-order valence-corrected chi connectivity index (χ4v) is 9.17. The minimum absolute atomic E-state index is 0.00964. The van der Waals surface area contributed by atoms with Crippen molar-refractivity contribution in [2.24, 2.45) is 17.3 Å². The molecule has 1 aromatic heterocycles. The van der Waals surface area contributed by atoms with Crippen molar-refractivity contribution in [2.45, 2.75) is 75.8 Å². The van der Waals surface area contributed by atoms with Gasteiger partial charge in [-0.2, -0.15) is 0 Å². The Morgan fingerprint density at radius 2 is 1.79 bits per heavy atom. The molecule has 2 N–H and O–H groups in total. The van der Waals surface area contributed by atoms with Gasteiger partial charge in [-0.05, 0) is 54.3 Å². The van der Waals surface area contributed by atoms with E-state index in [9.17, 15) is 27.6 Å². The highest BCUT2D eigenvalue weighted by Gasteiger charge is 2.62. The zero-order chi connectivity index (χ0) is 40.7. The Morgan fingerprint density at radius 3 is 2.42 bits per heavy atom. The van der Waals surface area contributed by atoms with Gasteiger partial charge in [0.15, 0.2) is 0 Å². The number of pyridine rings is 1. The molecule has 2 saturated carbocycles. The first-order valence-corrected chi connectivity index (χ1v) is 21.1. The molecule has 7 rings (SSSR count). The number of amides is 4. The number of hydrogen-bond acceptors (Lipinski definition) is 10. The summed E-state index contributed by atoms with van der Waals surface area (Å²) in [4.78, 5) is 64.6. The molecule has 14 nitrogen and oxygen atoms in total. The first-order valence-electron chi connectivity index (χ1n) is 19.5. The van der Waals surface area contributed by atoms with E-state index >= 15 is 0 Å². The van der Waals surface area contributed by atoms with Gasteiger partial charge >= 0.3 is 0 Å². The number of nitrogens with zero attached hydrogens (tertiary/aromatic N) is 3. The van der Waals surface area contributed by atoms with Crippen molar-refractivity contribution in [2.75, 3.05) is 40.0 Å². The lowest BCUT2D eigenvalue weighted by Crippen LogP contribution is -2.57. The molecule has 3 heterocycles. The van der Waals surface area contributed by atoms with Crippen molar-refractivity contribution < 1.29 is 41.8 Å². The fourth-order valence-electron chi connectivity index (χ4n) is 7.81. The molecule has 0 unspecified atom stereocenters. The van der Waals surface area contributed by atoms with Gasteiger partial charge in [-0.3, -0.25) is 23.9 Å². The largest absolute Gasteiger partial charge is 0.497 e. The lowest BCUT2D eigenvalue weighted by molar-refractivity contribution is -0.149. The second-order valence-corrected chi connectivity index (χ2v) is 18.5. The quantitative estimate of drug-likeness (QED) is 0.242. The molecule has 0 bridgehead atoms. The number of ether oxygens (including phenoxy) is 3. The Labute approximate surface area is 333 Å². The number of sulfonamides is 1. The fraction of sp³-hybridized carbons (Fsp3) is 0.500. The highest BCUT2D eigenvalue weighted by atomic mass is 32.2. The summed E-state index contributed by atoms with van der Waals surface area (Å²) in [5.74, 6) is -2.42. The maximum absolute atomic E-state index is 14.8. The molecule has 0 radical (unpaired) electrons. The van der Waals surface area contributed by atoms with Crippen LogP contribution in [0.25, 0.3) is 22.0 Å². The predicted molar refractivity (Wildman–Crippen MR) is 212 cm³/mol. The monoisotopic (exact) mass is 801 g/mol. The van der Waals surface area contributed by atoms with Crippen molar-refractivity contribution in [1.82, 2.24) is 24.8 Å². The van der Waals surface area contributed by atoms with Crippen LogP contribution in [0.3, 0.4) is 0 Å². The van der Waals surface area contributed by atoms with Crippen LogP contribution in [0.5, 0.6) is 11.6 Å². The summed E-state index contributed by atoms with van der Waals surface area (Å²) in [6, 6.07) is 16.0. The highest BCUT2D eigenvalue weighted by molar-refractivity contribution is 7.91. The van der Waals surface area contributed by atoms with E-state index in [-0.39, 0.29) is 31.7 Å². The van der Waals surface area contributed by atoms with Crippen LogP contribution < -0.4 is 19.5 Å². The van der Waals surface area contributed by atoms with Gasteiger partial charge in [-0.15, -0.1) is 6.58 Å². The molecule has 15 heteroatoms. The third-order valence-corrected chi connectivity index (χ3v) is 13.4. The minimum atomic E-state index is -3.91. The average Bonchev–Trinajstić information content (AvgIpc) is 4.13. The van der Waals surface area contributed by atoms with Gasteiger partial charge in [-0.1, -0.05) is 57.2 Å².